The Bertz CT molecular complexity index is 579. The Hall–Kier alpha value is -1.07. The first-order valence-electron chi connectivity index (χ1n) is 7.30. The number of carbonyl (C=O) groups is 2. The molecule has 2 rings (SSSR count). The van der Waals surface area contributed by atoms with Gasteiger partial charge in [-0.05, 0) is 37.0 Å². The zero-order valence-electron chi connectivity index (χ0n) is 12.4. The average Bonchev–Trinajstić information content (AvgIpc) is 2.49. The van der Waals surface area contributed by atoms with E-state index in [2.05, 4.69) is 15.9 Å². The summed E-state index contributed by atoms with van der Waals surface area (Å²) in [5.74, 6) is -1.39. The first-order valence-corrected chi connectivity index (χ1v) is 8.47. The Labute approximate surface area is 143 Å². The maximum absolute atomic E-state index is 12.5. The van der Waals surface area contributed by atoms with Gasteiger partial charge in [-0.1, -0.05) is 40.0 Å². The van der Waals surface area contributed by atoms with Gasteiger partial charge < -0.3 is 10.0 Å². The zero-order valence-corrected chi connectivity index (χ0v) is 14.7. The normalized spacial score (nSPS) is 21.4. The van der Waals surface area contributed by atoms with Gasteiger partial charge in [0.15, 0.2) is 0 Å². The molecule has 0 saturated heterocycles. The van der Waals surface area contributed by atoms with E-state index < -0.39 is 11.9 Å². The summed E-state index contributed by atoms with van der Waals surface area (Å²) in [6.07, 6.45) is 2.66. The Morgan fingerprint density at radius 1 is 1.36 bits per heavy atom. The molecular formula is C16H19BrClNO3. The van der Waals surface area contributed by atoms with Crippen LogP contribution in [0.4, 0.5) is 0 Å². The van der Waals surface area contributed by atoms with Crippen LogP contribution in [0.15, 0.2) is 22.7 Å². The maximum Gasteiger partial charge on any atom is 0.306 e. The van der Waals surface area contributed by atoms with Gasteiger partial charge in [-0.3, -0.25) is 9.59 Å². The van der Waals surface area contributed by atoms with Gasteiger partial charge in [-0.15, -0.1) is 0 Å². The van der Waals surface area contributed by atoms with Gasteiger partial charge in [0.1, 0.15) is 0 Å². The summed E-state index contributed by atoms with van der Waals surface area (Å²) in [6, 6.07) is 5.58. The average molecular weight is 389 g/mol. The molecule has 1 aliphatic carbocycles. The molecule has 1 aromatic carbocycles. The minimum absolute atomic E-state index is 0.00457. The highest BCUT2D eigenvalue weighted by Gasteiger charge is 2.32. The molecule has 2 unspecified atom stereocenters. The second-order valence-electron chi connectivity index (χ2n) is 5.83. The van der Waals surface area contributed by atoms with E-state index in [1.165, 1.54) is 0 Å². The largest absolute Gasteiger partial charge is 0.481 e. The van der Waals surface area contributed by atoms with Gasteiger partial charge in [0, 0.05) is 29.0 Å². The molecule has 4 nitrogen and oxygen atoms in total. The third-order valence-corrected chi connectivity index (χ3v) is 5.02. The predicted molar refractivity (Wildman–Crippen MR) is 88.7 cm³/mol. The molecule has 2 atom stereocenters. The van der Waals surface area contributed by atoms with E-state index in [0.717, 1.165) is 22.9 Å². The van der Waals surface area contributed by atoms with E-state index in [-0.39, 0.29) is 11.8 Å². The maximum atomic E-state index is 12.5. The first kappa shape index (κ1) is 17.3. The summed E-state index contributed by atoms with van der Waals surface area (Å²) >= 11 is 9.54. The molecule has 1 amide bonds. The van der Waals surface area contributed by atoms with Crippen molar-refractivity contribution in [2.75, 3.05) is 7.05 Å². The minimum atomic E-state index is -0.795. The lowest BCUT2D eigenvalue weighted by molar-refractivity contribution is -0.145. The number of hydrogen-bond donors (Lipinski definition) is 1. The Morgan fingerprint density at radius 3 is 2.68 bits per heavy atom. The molecule has 0 spiro atoms. The van der Waals surface area contributed by atoms with Crippen LogP contribution in [0.5, 0.6) is 0 Å². The zero-order chi connectivity index (χ0) is 16.3. The summed E-state index contributed by atoms with van der Waals surface area (Å²) in [6.45, 7) is 0.430. The third-order valence-electron chi connectivity index (χ3n) is 4.17. The number of hydrogen-bond acceptors (Lipinski definition) is 2. The topological polar surface area (TPSA) is 57.6 Å². The molecule has 1 aromatic rings. The first-order chi connectivity index (χ1) is 10.4. The van der Waals surface area contributed by atoms with Crippen molar-refractivity contribution < 1.29 is 14.7 Å². The van der Waals surface area contributed by atoms with Crippen LogP contribution < -0.4 is 0 Å². The van der Waals surface area contributed by atoms with Gasteiger partial charge in [0.2, 0.25) is 5.91 Å². The fourth-order valence-electron chi connectivity index (χ4n) is 2.93. The lowest BCUT2D eigenvalue weighted by atomic mass is 9.81. The van der Waals surface area contributed by atoms with E-state index in [9.17, 15) is 9.59 Å². The van der Waals surface area contributed by atoms with Crippen molar-refractivity contribution in [1.82, 2.24) is 4.90 Å². The minimum Gasteiger partial charge on any atom is -0.481 e. The molecule has 0 aromatic heterocycles. The molecule has 1 aliphatic rings. The lowest BCUT2D eigenvalue weighted by Crippen LogP contribution is -2.36. The molecule has 1 fully saturated rings. The van der Waals surface area contributed by atoms with Gasteiger partial charge in [-0.2, -0.15) is 0 Å². The number of carbonyl (C=O) groups excluding carboxylic acids is 1. The van der Waals surface area contributed by atoms with Crippen molar-refractivity contribution in [2.45, 2.75) is 32.2 Å². The second-order valence-corrected chi connectivity index (χ2v) is 7.15. The van der Waals surface area contributed by atoms with Crippen LogP contribution in [0.3, 0.4) is 0 Å². The highest BCUT2D eigenvalue weighted by molar-refractivity contribution is 9.10. The van der Waals surface area contributed by atoms with E-state index in [0.29, 0.717) is 24.4 Å². The molecule has 0 radical (unpaired) electrons. The standard InChI is InChI=1S/C16H19BrClNO3/c1-19(9-12-5-6-13(17)8-14(12)18)15(20)10-3-2-4-11(7-10)16(21)22/h5-6,8,10-11H,2-4,7,9H2,1H3,(H,21,22). The highest BCUT2D eigenvalue weighted by atomic mass is 79.9. The number of benzene rings is 1. The van der Waals surface area contributed by atoms with Gasteiger partial charge >= 0.3 is 5.97 Å². The number of nitrogens with zero attached hydrogens (tertiary/aromatic N) is 1. The summed E-state index contributed by atoms with van der Waals surface area (Å²) in [5, 5.41) is 9.74. The highest BCUT2D eigenvalue weighted by Crippen LogP contribution is 2.31. The number of carboxylic acid groups (broad SMARTS) is 1. The van der Waals surface area contributed by atoms with Crippen LogP contribution in [0.2, 0.25) is 5.02 Å². The number of aliphatic carboxylic acids is 1. The SMILES string of the molecule is CN(Cc1ccc(Br)cc1Cl)C(=O)C1CCCC(C(=O)O)C1. The second kappa shape index (κ2) is 7.47. The van der Waals surface area contributed by atoms with E-state index in [1.54, 1.807) is 18.0 Å². The summed E-state index contributed by atoms with van der Waals surface area (Å²) < 4.78 is 0.895. The fourth-order valence-corrected chi connectivity index (χ4v) is 3.67. The van der Waals surface area contributed by atoms with Crippen LogP contribution >= 0.6 is 27.5 Å². The molecule has 0 bridgehead atoms. The van der Waals surface area contributed by atoms with Crippen LogP contribution in [-0.2, 0) is 16.1 Å². The number of halogens is 2. The van der Waals surface area contributed by atoms with Gasteiger partial charge in [0.05, 0.1) is 5.92 Å². The molecule has 1 saturated carbocycles. The third kappa shape index (κ3) is 4.23. The van der Waals surface area contributed by atoms with E-state index >= 15 is 0 Å². The van der Waals surface area contributed by atoms with Crippen LogP contribution in [0.1, 0.15) is 31.2 Å². The molecule has 120 valence electrons. The fraction of sp³-hybridized carbons (Fsp3) is 0.500. The van der Waals surface area contributed by atoms with Crippen molar-refractivity contribution in [3.63, 3.8) is 0 Å². The smallest absolute Gasteiger partial charge is 0.306 e. The van der Waals surface area contributed by atoms with Gasteiger partial charge in [0.25, 0.3) is 0 Å². The number of carboxylic acids is 1. The molecule has 22 heavy (non-hydrogen) atoms. The molecular weight excluding hydrogens is 370 g/mol. The molecule has 1 N–H and O–H groups in total. The summed E-state index contributed by atoms with van der Waals surface area (Å²) in [4.78, 5) is 25.3. The number of rotatable bonds is 4. The Morgan fingerprint density at radius 2 is 2.05 bits per heavy atom. The number of amides is 1. The lowest BCUT2D eigenvalue weighted by Gasteiger charge is -2.29. The van der Waals surface area contributed by atoms with Crippen LogP contribution in [0.25, 0.3) is 0 Å². The van der Waals surface area contributed by atoms with Crippen molar-refractivity contribution in [3.8, 4) is 0 Å². The molecule has 0 heterocycles. The molecule has 6 heteroatoms. The summed E-state index contributed by atoms with van der Waals surface area (Å²) in [5.41, 5.74) is 0.881. The van der Waals surface area contributed by atoms with E-state index in [4.69, 9.17) is 16.7 Å². The molecule has 0 aliphatic heterocycles. The monoisotopic (exact) mass is 387 g/mol. The van der Waals surface area contributed by atoms with Crippen molar-refractivity contribution in [2.24, 2.45) is 11.8 Å². The Balaban J connectivity index is 2.01. The summed E-state index contributed by atoms with van der Waals surface area (Å²) in [7, 11) is 1.74. The van der Waals surface area contributed by atoms with Crippen LogP contribution in [0, 0.1) is 11.8 Å². The van der Waals surface area contributed by atoms with E-state index in [1.807, 2.05) is 12.1 Å². The Kier molecular flexibility index (Phi) is 5.87. The quantitative estimate of drug-likeness (QED) is 0.849. The van der Waals surface area contributed by atoms with Crippen molar-refractivity contribution >= 4 is 39.4 Å². The predicted octanol–water partition coefficient (Wildman–Crippen LogP) is 3.95. The van der Waals surface area contributed by atoms with Crippen molar-refractivity contribution in [3.05, 3.63) is 33.3 Å². The van der Waals surface area contributed by atoms with Gasteiger partial charge in [-0.25, -0.2) is 0 Å². The van der Waals surface area contributed by atoms with Crippen LogP contribution in [-0.4, -0.2) is 28.9 Å². The van der Waals surface area contributed by atoms with Crippen molar-refractivity contribution in [1.29, 1.82) is 0 Å².